The summed E-state index contributed by atoms with van der Waals surface area (Å²) in [5.74, 6) is -0.565. The molecular formula is C16H17Cl2F2N3. The second-order valence-electron chi connectivity index (χ2n) is 5.27. The second-order valence-corrected chi connectivity index (χ2v) is 5.72. The van der Waals surface area contributed by atoms with Crippen LogP contribution in [0, 0.1) is 5.95 Å². The first kappa shape index (κ1) is 17.9. The summed E-state index contributed by atoms with van der Waals surface area (Å²) in [5, 5.41) is 3.17. The Kier molecular flexibility index (Phi) is 6.16. The van der Waals surface area contributed by atoms with E-state index >= 15 is 0 Å². The number of halogens is 4. The number of benzene rings is 1. The minimum Gasteiger partial charge on any atom is -0.349 e. The number of nitrogens with one attached hydrogen (secondary N) is 1. The predicted octanol–water partition coefficient (Wildman–Crippen LogP) is 3.52. The summed E-state index contributed by atoms with van der Waals surface area (Å²) in [4.78, 5) is 5.29. The molecule has 0 bridgehead atoms. The zero-order chi connectivity index (χ0) is 15.5. The molecule has 7 heteroatoms. The molecule has 0 saturated carbocycles. The van der Waals surface area contributed by atoms with E-state index in [1.54, 1.807) is 11.0 Å². The maximum atomic E-state index is 14.3. The van der Waals surface area contributed by atoms with Gasteiger partial charge in [0.05, 0.1) is 24.5 Å². The smallest absolute Gasteiger partial charge is 0.212 e. The lowest BCUT2D eigenvalue weighted by molar-refractivity contribution is 0.294. The summed E-state index contributed by atoms with van der Waals surface area (Å²) in [6.07, 6.45) is 0.271. The van der Waals surface area contributed by atoms with Crippen molar-refractivity contribution >= 4 is 29.7 Å². The van der Waals surface area contributed by atoms with Crippen molar-refractivity contribution in [3.63, 3.8) is 0 Å². The lowest BCUT2D eigenvalue weighted by atomic mass is 10.2. The molecule has 0 spiro atoms. The molecule has 1 aromatic heterocycles. The molecule has 0 amide bonds. The SMILES string of the molecule is Cl.Fc1ccc(N2CC(F)C(NCc3ccccc3)[C@@H]2Cl)cn1. The Hall–Kier alpha value is -1.43. The molecule has 1 saturated heterocycles. The molecule has 2 aromatic rings. The van der Waals surface area contributed by atoms with Crippen molar-refractivity contribution in [1.29, 1.82) is 0 Å². The highest BCUT2D eigenvalue weighted by Gasteiger charge is 2.41. The van der Waals surface area contributed by atoms with Gasteiger partial charge in [0.15, 0.2) is 0 Å². The summed E-state index contributed by atoms with van der Waals surface area (Å²) in [5.41, 5.74) is 1.14. The van der Waals surface area contributed by atoms with Crippen LogP contribution >= 0.6 is 24.0 Å². The lowest BCUT2D eigenvalue weighted by Gasteiger charge is -2.24. The minimum absolute atomic E-state index is 0. The fourth-order valence-corrected chi connectivity index (χ4v) is 3.05. The molecule has 1 aliphatic heterocycles. The molecule has 1 fully saturated rings. The van der Waals surface area contributed by atoms with Crippen molar-refractivity contribution in [3.05, 3.63) is 60.2 Å². The molecule has 1 aliphatic rings. The molecule has 2 unspecified atom stereocenters. The highest BCUT2D eigenvalue weighted by molar-refractivity contribution is 6.22. The van der Waals surface area contributed by atoms with Crippen molar-refractivity contribution in [1.82, 2.24) is 10.3 Å². The first-order valence-electron chi connectivity index (χ1n) is 7.09. The van der Waals surface area contributed by atoms with E-state index in [-0.39, 0.29) is 19.0 Å². The van der Waals surface area contributed by atoms with E-state index < -0.39 is 23.7 Å². The van der Waals surface area contributed by atoms with Crippen LogP contribution in [0.3, 0.4) is 0 Å². The third-order valence-electron chi connectivity index (χ3n) is 3.78. The number of alkyl halides is 2. The average Bonchev–Trinajstić information content (AvgIpc) is 2.82. The number of rotatable bonds is 4. The summed E-state index contributed by atoms with van der Waals surface area (Å²) in [7, 11) is 0. The quantitative estimate of drug-likeness (QED) is 0.514. The van der Waals surface area contributed by atoms with Gasteiger partial charge >= 0.3 is 0 Å². The van der Waals surface area contributed by atoms with Crippen LogP contribution in [-0.4, -0.2) is 29.2 Å². The van der Waals surface area contributed by atoms with Crippen molar-refractivity contribution in [2.75, 3.05) is 11.4 Å². The molecule has 0 aliphatic carbocycles. The molecule has 3 nitrogen and oxygen atoms in total. The van der Waals surface area contributed by atoms with E-state index in [4.69, 9.17) is 11.6 Å². The van der Waals surface area contributed by atoms with Crippen LogP contribution in [0.1, 0.15) is 5.56 Å². The summed E-state index contributed by atoms with van der Waals surface area (Å²) in [6, 6.07) is 12.1. The van der Waals surface area contributed by atoms with Gasteiger partial charge in [0.2, 0.25) is 5.95 Å². The predicted molar refractivity (Wildman–Crippen MR) is 90.4 cm³/mol. The van der Waals surface area contributed by atoms with Gasteiger partial charge < -0.3 is 10.2 Å². The first-order valence-corrected chi connectivity index (χ1v) is 7.52. The van der Waals surface area contributed by atoms with Crippen molar-refractivity contribution in [2.24, 2.45) is 0 Å². The third kappa shape index (κ3) is 4.10. The average molecular weight is 360 g/mol. The number of pyridine rings is 1. The molecule has 1 N–H and O–H groups in total. The maximum absolute atomic E-state index is 14.3. The first-order chi connectivity index (χ1) is 10.6. The Labute approximate surface area is 145 Å². The van der Waals surface area contributed by atoms with Crippen molar-refractivity contribution in [2.45, 2.75) is 24.3 Å². The normalized spacial score (nSPS) is 23.6. The lowest BCUT2D eigenvalue weighted by Crippen LogP contribution is -2.41. The number of aromatic nitrogens is 1. The van der Waals surface area contributed by atoms with Crippen LogP contribution in [0.15, 0.2) is 48.7 Å². The summed E-state index contributed by atoms with van der Waals surface area (Å²) >= 11 is 6.38. The largest absolute Gasteiger partial charge is 0.349 e. The molecule has 2 heterocycles. The van der Waals surface area contributed by atoms with Crippen LogP contribution in [-0.2, 0) is 6.54 Å². The van der Waals surface area contributed by atoms with Crippen LogP contribution in [0.4, 0.5) is 14.5 Å². The fourth-order valence-electron chi connectivity index (χ4n) is 2.61. The third-order valence-corrected chi connectivity index (χ3v) is 4.29. The Morgan fingerprint density at radius 1 is 1.22 bits per heavy atom. The Morgan fingerprint density at radius 2 is 1.96 bits per heavy atom. The molecule has 3 rings (SSSR count). The Bertz CT molecular complexity index is 612. The van der Waals surface area contributed by atoms with Crippen molar-refractivity contribution < 1.29 is 8.78 Å². The van der Waals surface area contributed by atoms with Gasteiger partial charge in [0.1, 0.15) is 11.7 Å². The van der Waals surface area contributed by atoms with Crippen LogP contribution in [0.2, 0.25) is 0 Å². The van der Waals surface area contributed by atoms with Gasteiger partial charge in [0, 0.05) is 6.54 Å². The topological polar surface area (TPSA) is 28.2 Å². The summed E-state index contributed by atoms with van der Waals surface area (Å²) < 4.78 is 27.2. The highest BCUT2D eigenvalue weighted by atomic mass is 35.5. The van der Waals surface area contributed by atoms with E-state index in [1.807, 2.05) is 30.3 Å². The van der Waals surface area contributed by atoms with Gasteiger partial charge in [-0.05, 0) is 17.7 Å². The van der Waals surface area contributed by atoms with Gasteiger partial charge in [-0.3, -0.25) is 0 Å². The number of nitrogens with zero attached hydrogens (tertiary/aromatic N) is 2. The number of hydrogen-bond donors (Lipinski definition) is 1. The maximum Gasteiger partial charge on any atom is 0.212 e. The van der Waals surface area contributed by atoms with Crippen LogP contribution in [0.5, 0.6) is 0 Å². The van der Waals surface area contributed by atoms with Crippen LogP contribution < -0.4 is 10.2 Å². The highest BCUT2D eigenvalue weighted by Crippen LogP contribution is 2.29. The van der Waals surface area contributed by atoms with Gasteiger partial charge in [-0.15, -0.1) is 12.4 Å². The minimum atomic E-state index is -1.10. The Balaban J connectivity index is 0.00000192. The molecule has 0 radical (unpaired) electrons. The number of hydrogen-bond acceptors (Lipinski definition) is 3. The van der Waals surface area contributed by atoms with E-state index in [9.17, 15) is 8.78 Å². The van der Waals surface area contributed by atoms with E-state index in [1.165, 1.54) is 12.3 Å². The van der Waals surface area contributed by atoms with Gasteiger partial charge in [0.25, 0.3) is 0 Å². The van der Waals surface area contributed by atoms with Gasteiger partial charge in [-0.1, -0.05) is 41.9 Å². The molecule has 3 atom stereocenters. The van der Waals surface area contributed by atoms with Crippen LogP contribution in [0.25, 0.3) is 0 Å². The standard InChI is InChI=1S/C16H16ClF2N3.ClH/c17-16-15(21-8-11-4-2-1-3-5-11)13(18)10-22(16)12-6-7-14(19)20-9-12;/h1-7,9,13,15-16,21H,8,10H2;1H/t13?,15?,16-;/m1./s1. The van der Waals surface area contributed by atoms with E-state index in [0.29, 0.717) is 12.2 Å². The fraction of sp³-hybridized carbons (Fsp3) is 0.312. The van der Waals surface area contributed by atoms with E-state index in [2.05, 4.69) is 10.3 Å². The van der Waals surface area contributed by atoms with Crippen molar-refractivity contribution in [3.8, 4) is 0 Å². The molecule has 1 aromatic carbocycles. The van der Waals surface area contributed by atoms with Gasteiger partial charge in [-0.25, -0.2) is 9.37 Å². The van der Waals surface area contributed by atoms with E-state index in [0.717, 1.165) is 5.56 Å². The summed E-state index contributed by atoms with van der Waals surface area (Å²) in [6.45, 7) is 0.707. The van der Waals surface area contributed by atoms with Gasteiger partial charge in [-0.2, -0.15) is 4.39 Å². The number of anilines is 1. The molecule has 124 valence electrons. The second kappa shape index (κ2) is 7.90. The Morgan fingerprint density at radius 3 is 2.61 bits per heavy atom. The zero-order valence-electron chi connectivity index (χ0n) is 12.2. The molecular weight excluding hydrogens is 343 g/mol. The zero-order valence-corrected chi connectivity index (χ0v) is 13.8. The molecule has 23 heavy (non-hydrogen) atoms. The monoisotopic (exact) mass is 359 g/mol.